The first-order valence-electron chi connectivity index (χ1n) is 36.0. The molecule has 0 bridgehead atoms. The van der Waals surface area contributed by atoms with Crippen LogP contribution in [0, 0.1) is 11.8 Å². The molecule has 6 atom stereocenters. The summed E-state index contributed by atoms with van der Waals surface area (Å²) in [5.74, 6) is -0.538. The second-order valence-corrected chi connectivity index (χ2v) is 28.5. The molecule has 0 aromatic rings. The predicted octanol–water partition coefficient (Wildman–Crippen LogP) is 19.6. The summed E-state index contributed by atoms with van der Waals surface area (Å²) in [4.78, 5) is 72.4. The third-order valence-corrected chi connectivity index (χ3v) is 18.2. The number of hydrogen-bond acceptors (Lipinski definition) is 15. The zero-order chi connectivity index (χ0) is 65.0. The highest BCUT2D eigenvalue weighted by Crippen LogP contribution is 2.45. The molecule has 0 aromatic heterocycles. The minimum absolute atomic E-state index is 0.106. The number of rotatable bonds is 68. The third-order valence-electron chi connectivity index (χ3n) is 16.3. The van der Waals surface area contributed by atoms with E-state index in [-0.39, 0.29) is 25.7 Å². The molecule has 19 heteroatoms. The van der Waals surface area contributed by atoms with Gasteiger partial charge >= 0.3 is 39.5 Å². The van der Waals surface area contributed by atoms with Crippen LogP contribution in [0.25, 0.3) is 0 Å². The highest BCUT2D eigenvalue weighted by atomic mass is 31.2. The van der Waals surface area contributed by atoms with Crippen molar-refractivity contribution in [2.75, 3.05) is 39.6 Å². The van der Waals surface area contributed by atoms with E-state index in [2.05, 4.69) is 41.5 Å². The fraction of sp³-hybridized carbons (Fsp3) is 0.942. The lowest BCUT2D eigenvalue weighted by Crippen LogP contribution is -2.30. The van der Waals surface area contributed by atoms with Crippen LogP contribution >= 0.6 is 15.6 Å². The smallest absolute Gasteiger partial charge is 0.462 e. The molecule has 88 heavy (non-hydrogen) atoms. The molecule has 0 amide bonds. The second-order valence-electron chi connectivity index (χ2n) is 25.6. The Morgan fingerprint density at radius 3 is 0.864 bits per heavy atom. The molecule has 0 radical (unpaired) electrons. The number of phosphoric acid groups is 2. The van der Waals surface area contributed by atoms with Crippen molar-refractivity contribution >= 4 is 39.5 Å². The van der Waals surface area contributed by atoms with E-state index in [9.17, 15) is 43.2 Å². The molecular weight excluding hydrogens is 1160 g/mol. The van der Waals surface area contributed by atoms with Crippen molar-refractivity contribution in [1.82, 2.24) is 0 Å². The molecule has 3 unspecified atom stereocenters. The first kappa shape index (κ1) is 86.1. The van der Waals surface area contributed by atoms with E-state index in [0.717, 1.165) is 102 Å². The summed E-state index contributed by atoms with van der Waals surface area (Å²) in [5, 5.41) is 10.6. The number of unbranched alkanes of at least 4 members (excludes halogenated alkanes) is 37. The van der Waals surface area contributed by atoms with Gasteiger partial charge in [0.15, 0.2) is 12.2 Å². The summed E-state index contributed by atoms with van der Waals surface area (Å²) in [6, 6.07) is 0. The Bertz CT molecular complexity index is 1720. The Morgan fingerprint density at radius 2 is 0.580 bits per heavy atom. The van der Waals surface area contributed by atoms with Crippen LogP contribution in [0.5, 0.6) is 0 Å². The molecule has 0 aromatic carbocycles. The van der Waals surface area contributed by atoms with Crippen LogP contribution in [0.4, 0.5) is 0 Å². The maximum absolute atomic E-state index is 13.0. The zero-order valence-electron chi connectivity index (χ0n) is 57.0. The van der Waals surface area contributed by atoms with Crippen molar-refractivity contribution in [3.05, 3.63) is 0 Å². The molecule has 17 nitrogen and oxygen atoms in total. The summed E-state index contributed by atoms with van der Waals surface area (Å²) in [5.41, 5.74) is 0. The molecule has 0 rings (SSSR count). The van der Waals surface area contributed by atoms with Gasteiger partial charge in [-0.3, -0.25) is 37.3 Å². The van der Waals surface area contributed by atoms with Crippen LogP contribution in [-0.2, 0) is 65.4 Å². The molecule has 0 fully saturated rings. The molecule has 0 aliphatic heterocycles. The van der Waals surface area contributed by atoms with Crippen molar-refractivity contribution in [1.29, 1.82) is 0 Å². The van der Waals surface area contributed by atoms with Crippen molar-refractivity contribution in [2.45, 2.75) is 368 Å². The number of ether oxygens (including phenoxy) is 4. The van der Waals surface area contributed by atoms with E-state index in [1.54, 1.807) is 0 Å². The monoisotopic (exact) mass is 1300 g/mol. The van der Waals surface area contributed by atoms with Crippen LogP contribution in [0.3, 0.4) is 0 Å². The molecule has 0 heterocycles. The molecular formula is C69H134O17P2. The average molecular weight is 1300 g/mol. The lowest BCUT2D eigenvalue weighted by Gasteiger charge is -2.21. The van der Waals surface area contributed by atoms with Crippen LogP contribution in [0.2, 0.25) is 0 Å². The van der Waals surface area contributed by atoms with E-state index >= 15 is 0 Å². The van der Waals surface area contributed by atoms with E-state index in [0.29, 0.717) is 25.7 Å². The highest BCUT2D eigenvalue weighted by Gasteiger charge is 2.30. The van der Waals surface area contributed by atoms with Crippen molar-refractivity contribution < 1.29 is 80.2 Å². The Kier molecular flexibility index (Phi) is 59.9. The zero-order valence-corrected chi connectivity index (χ0v) is 58.8. The van der Waals surface area contributed by atoms with Gasteiger partial charge in [0.05, 0.1) is 26.4 Å². The van der Waals surface area contributed by atoms with Crippen molar-refractivity contribution in [3.8, 4) is 0 Å². The van der Waals surface area contributed by atoms with Gasteiger partial charge in [0.1, 0.15) is 19.3 Å². The van der Waals surface area contributed by atoms with Crippen LogP contribution in [0.1, 0.15) is 350 Å². The Morgan fingerprint density at radius 1 is 0.330 bits per heavy atom. The number of hydrogen-bond donors (Lipinski definition) is 3. The van der Waals surface area contributed by atoms with Gasteiger partial charge in [-0.1, -0.05) is 298 Å². The molecule has 522 valence electrons. The molecule has 0 aliphatic rings. The largest absolute Gasteiger partial charge is 0.472 e. The summed E-state index contributed by atoms with van der Waals surface area (Å²) >= 11 is 0. The molecule has 0 aliphatic carbocycles. The second kappa shape index (κ2) is 61.3. The van der Waals surface area contributed by atoms with Gasteiger partial charge in [-0.2, -0.15) is 0 Å². The third kappa shape index (κ3) is 61.6. The number of aliphatic hydroxyl groups is 1. The summed E-state index contributed by atoms with van der Waals surface area (Å²) in [7, 11) is -9.89. The minimum atomic E-state index is -4.95. The highest BCUT2D eigenvalue weighted by molar-refractivity contribution is 7.47. The Labute approximate surface area is 537 Å². The quantitative estimate of drug-likeness (QED) is 0.0222. The maximum Gasteiger partial charge on any atom is 0.472 e. The van der Waals surface area contributed by atoms with E-state index in [1.807, 2.05) is 0 Å². The van der Waals surface area contributed by atoms with Gasteiger partial charge in [-0.15, -0.1) is 0 Å². The van der Waals surface area contributed by atoms with E-state index in [1.165, 1.54) is 167 Å². The average Bonchev–Trinajstić information content (AvgIpc) is 3.54. The van der Waals surface area contributed by atoms with E-state index < -0.39 is 97.5 Å². The number of phosphoric ester groups is 2. The summed E-state index contributed by atoms with van der Waals surface area (Å²) < 4.78 is 68.1. The number of carbonyl (C=O) groups excluding carboxylic acids is 4. The standard InChI is InChI=1S/C69H134O17P2/c1-7-10-12-14-16-25-33-39-45-51-66(71)79-57-64(85-68(73)53-47-41-35-26-17-15-13-11-8-2)59-83-87(75,76)81-55-63(70)56-82-88(77,78)84-60-65(58-80-67(72)52-46-40-34-30-24-27-31-37-43-49-61(4)5)86-69(74)54-48-42-36-29-23-21-19-18-20-22-28-32-38-44-50-62(6)9-3/h61-65,70H,7-60H2,1-6H3,(H,75,76)(H,77,78)/t62?,63-,64+,65+/m0/s1. The first-order valence-corrected chi connectivity index (χ1v) is 39.0. The van der Waals surface area contributed by atoms with E-state index in [4.69, 9.17) is 37.0 Å². The Hall–Kier alpha value is -1.94. The number of aliphatic hydroxyl groups excluding tert-OH is 1. The molecule has 0 saturated heterocycles. The predicted molar refractivity (Wildman–Crippen MR) is 354 cm³/mol. The molecule has 3 N–H and O–H groups in total. The fourth-order valence-corrected chi connectivity index (χ4v) is 12.0. The van der Waals surface area contributed by atoms with Gasteiger partial charge in [0.25, 0.3) is 0 Å². The van der Waals surface area contributed by atoms with Crippen molar-refractivity contribution in [3.63, 3.8) is 0 Å². The van der Waals surface area contributed by atoms with Gasteiger partial charge in [0.2, 0.25) is 0 Å². The maximum atomic E-state index is 13.0. The van der Waals surface area contributed by atoms with Gasteiger partial charge in [-0.05, 0) is 37.5 Å². The van der Waals surface area contributed by atoms with Crippen LogP contribution < -0.4 is 0 Å². The van der Waals surface area contributed by atoms with Crippen LogP contribution in [0.15, 0.2) is 0 Å². The van der Waals surface area contributed by atoms with Crippen molar-refractivity contribution in [2.24, 2.45) is 11.8 Å². The SMILES string of the molecule is CCCCCCCCCCCC(=O)OC[C@H](COP(=O)(O)OC[C@H](O)COP(=O)(O)OC[C@@H](COC(=O)CCCCCCCCCCCC(C)C)OC(=O)CCCCCCCCCCCCCCCCC(C)CC)OC(=O)CCCCCCCCCCC. The molecule has 0 saturated carbocycles. The fourth-order valence-electron chi connectivity index (χ4n) is 10.4. The number of carbonyl (C=O) groups is 4. The first-order chi connectivity index (χ1) is 42.4. The van der Waals surface area contributed by atoms with Gasteiger partial charge in [-0.25, -0.2) is 9.13 Å². The summed E-state index contributed by atoms with van der Waals surface area (Å²) in [6.45, 7) is 9.54. The Balaban J connectivity index is 5.20. The molecule has 0 spiro atoms. The topological polar surface area (TPSA) is 237 Å². The van der Waals surface area contributed by atoms with Gasteiger partial charge in [0, 0.05) is 25.7 Å². The lowest BCUT2D eigenvalue weighted by atomic mass is 9.99. The minimum Gasteiger partial charge on any atom is -0.462 e. The summed E-state index contributed by atoms with van der Waals surface area (Å²) in [6.07, 6.45) is 45.8. The number of esters is 4. The lowest BCUT2D eigenvalue weighted by molar-refractivity contribution is -0.161. The van der Waals surface area contributed by atoms with Crippen LogP contribution in [-0.4, -0.2) is 96.7 Å². The normalized spacial score (nSPS) is 14.5. The van der Waals surface area contributed by atoms with Gasteiger partial charge < -0.3 is 33.8 Å².